The number of anilines is 1. The van der Waals surface area contributed by atoms with Crippen LogP contribution >= 0.6 is 0 Å². The van der Waals surface area contributed by atoms with E-state index in [9.17, 15) is 0 Å². The van der Waals surface area contributed by atoms with Crippen molar-refractivity contribution in [3.05, 3.63) is 17.1 Å². The summed E-state index contributed by atoms with van der Waals surface area (Å²) in [6.07, 6.45) is 0.902. The summed E-state index contributed by atoms with van der Waals surface area (Å²) in [7, 11) is 3.98. The zero-order valence-electron chi connectivity index (χ0n) is 9.33. The topological polar surface area (TPSA) is 55.0 Å². The molecule has 0 unspecified atom stereocenters. The van der Waals surface area contributed by atoms with E-state index in [2.05, 4.69) is 16.9 Å². The Kier molecular flexibility index (Phi) is 3.41. The van der Waals surface area contributed by atoms with Crippen LogP contribution in [0.1, 0.15) is 24.0 Å². The highest BCUT2D eigenvalue weighted by atomic mass is 15.1. The Hall–Kier alpha value is -1.16. The molecule has 0 aliphatic rings. The van der Waals surface area contributed by atoms with Gasteiger partial charge in [0.05, 0.1) is 6.54 Å². The summed E-state index contributed by atoms with van der Waals surface area (Å²) >= 11 is 0. The molecule has 0 amide bonds. The van der Waals surface area contributed by atoms with Crippen molar-refractivity contribution in [2.75, 3.05) is 19.8 Å². The highest BCUT2D eigenvalue weighted by molar-refractivity contribution is 5.41. The molecule has 4 heteroatoms. The van der Waals surface area contributed by atoms with Gasteiger partial charge in [-0.2, -0.15) is 0 Å². The van der Waals surface area contributed by atoms with E-state index in [0.29, 0.717) is 5.82 Å². The Bertz CT molecular complexity index is 320. The van der Waals surface area contributed by atoms with E-state index < -0.39 is 0 Å². The van der Waals surface area contributed by atoms with Crippen molar-refractivity contribution in [1.29, 1.82) is 0 Å². The molecule has 0 spiro atoms. The van der Waals surface area contributed by atoms with Crippen molar-refractivity contribution in [2.45, 2.75) is 26.8 Å². The van der Waals surface area contributed by atoms with Gasteiger partial charge in [0, 0.05) is 11.3 Å². The van der Waals surface area contributed by atoms with Crippen LogP contribution in [0.2, 0.25) is 0 Å². The lowest BCUT2D eigenvalue weighted by atomic mass is 10.2. The minimum Gasteiger partial charge on any atom is -0.383 e. The zero-order valence-corrected chi connectivity index (χ0v) is 9.33. The maximum atomic E-state index is 5.80. The van der Waals surface area contributed by atoms with Gasteiger partial charge in [-0.15, -0.1) is 0 Å². The predicted octanol–water partition coefficient (Wildman–Crippen LogP) is 0.991. The minimum absolute atomic E-state index is 0.605. The largest absolute Gasteiger partial charge is 0.383 e. The third-order valence-corrected chi connectivity index (χ3v) is 2.12. The maximum Gasteiger partial charge on any atom is 0.144 e. The average Bonchev–Trinajstić information content (AvgIpc) is 2.10. The van der Waals surface area contributed by atoms with E-state index >= 15 is 0 Å². The number of nitrogen functional groups attached to an aromatic ring is 1. The Balaban J connectivity index is 3.03. The molecule has 0 bridgehead atoms. The third-order valence-electron chi connectivity index (χ3n) is 2.12. The molecule has 0 aromatic carbocycles. The van der Waals surface area contributed by atoms with Crippen LogP contribution in [0.4, 0.5) is 5.82 Å². The molecule has 0 atom stereocenters. The van der Waals surface area contributed by atoms with Gasteiger partial charge in [0.1, 0.15) is 11.6 Å². The zero-order chi connectivity index (χ0) is 10.7. The molecule has 1 aromatic heterocycles. The Morgan fingerprint density at radius 2 is 1.93 bits per heavy atom. The fraction of sp³-hybridized carbons (Fsp3) is 0.600. The first-order valence-electron chi connectivity index (χ1n) is 4.81. The summed E-state index contributed by atoms with van der Waals surface area (Å²) in [6, 6.07) is 0. The molecule has 14 heavy (non-hydrogen) atoms. The van der Waals surface area contributed by atoms with Crippen LogP contribution < -0.4 is 5.73 Å². The molecule has 1 aromatic rings. The van der Waals surface area contributed by atoms with Gasteiger partial charge in [0.15, 0.2) is 0 Å². The molecular formula is C10H18N4. The van der Waals surface area contributed by atoms with E-state index in [1.54, 1.807) is 0 Å². The Labute approximate surface area is 85.2 Å². The van der Waals surface area contributed by atoms with Crippen molar-refractivity contribution < 1.29 is 0 Å². The fourth-order valence-electron chi connectivity index (χ4n) is 1.33. The highest BCUT2D eigenvalue weighted by Crippen LogP contribution is 2.13. The van der Waals surface area contributed by atoms with E-state index in [4.69, 9.17) is 5.73 Å². The normalized spacial score (nSPS) is 10.9. The van der Waals surface area contributed by atoms with Crippen LogP contribution in [0.3, 0.4) is 0 Å². The van der Waals surface area contributed by atoms with Crippen LogP contribution in [0.5, 0.6) is 0 Å². The molecule has 4 nitrogen and oxygen atoms in total. The standard InChI is InChI=1S/C10H18N4/c1-5-8-7(2)10(11)13-9(12-8)6-14(3)4/h5-6H2,1-4H3,(H2,11,12,13). The molecule has 0 radical (unpaired) electrons. The lowest BCUT2D eigenvalue weighted by molar-refractivity contribution is 0.390. The van der Waals surface area contributed by atoms with Gasteiger partial charge in [-0.3, -0.25) is 0 Å². The van der Waals surface area contributed by atoms with Crippen molar-refractivity contribution >= 4 is 5.82 Å². The molecule has 0 aliphatic heterocycles. The summed E-state index contributed by atoms with van der Waals surface area (Å²) in [6.45, 7) is 4.78. The molecule has 1 rings (SSSR count). The van der Waals surface area contributed by atoms with E-state index in [1.807, 2.05) is 25.9 Å². The molecule has 1 heterocycles. The second kappa shape index (κ2) is 4.37. The number of aromatic nitrogens is 2. The monoisotopic (exact) mass is 194 g/mol. The van der Waals surface area contributed by atoms with Crippen LogP contribution in [-0.2, 0) is 13.0 Å². The van der Waals surface area contributed by atoms with Crippen LogP contribution in [-0.4, -0.2) is 29.0 Å². The molecule has 0 saturated heterocycles. The van der Waals surface area contributed by atoms with E-state index in [0.717, 1.165) is 30.0 Å². The summed E-state index contributed by atoms with van der Waals surface area (Å²) < 4.78 is 0. The van der Waals surface area contributed by atoms with Gasteiger partial charge in [-0.05, 0) is 27.4 Å². The number of aryl methyl sites for hydroxylation is 1. The van der Waals surface area contributed by atoms with Gasteiger partial charge in [0.2, 0.25) is 0 Å². The van der Waals surface area contributed by atoms with Gasteiger partial charge in [0.25, 0.3) is 0 Å². The van der Waals surface area contributed by atoms with Crippen molar-refractivity contribution in [3.8, 4) is 0 Å². The number of nitrogens with zero attached hydrogens (tertiary/aromatic N) is 3. The first kappa shape index (κ1) is 10.9. The van der Waals surface area contributed by atoms with Gasteiger partial charge >= 0.3 is 0 Å². The molecule has 0 fully saturated rings. The smallest absolute Gasteiger partial charge is 0.144 e. The number of hydrogen-bond acceptors (Lipinski definition) is 4. The quantitative estimate of drug-likeness (QED) is 0.779. The molecule has 78 valence electrons. The predicted molar refractivity (Wildman–Crippen MR) is 58.0 cm³/mol. The molecule has 2 N–H and O–H groups in total. The first-order chi connectivity index (χ1) is 6.54. The van der Waals surface area contributed by atoms with E-state index in [1.165, 1.54) is 0 Å². The fourth-order valence-corrected chi connectivity index (χ4v) is 1.33. The summed E-state index contributed by atoms with van der Waals surface area (Å²) in [5.41, 5.74) is 7.86. The average molecular weight is 194 g/mol. The SMILES string of the molecule is CCc1nc(CN(C)C)nc(N)c1C. The first-order valence-corrected chi connectivity index (χ1v) is 4.81. The second-order valence-corrected chi connectivity index (χ2v) is 3.69. The summed E-state index contributed by atoms with van der Waals surface area (Å²) in [4.78, 5) is 10.7. The van der Waals surface area contributed by atoms with Crippen molar-refractivity contribution in [1.82, 2.24) is 14.9 Å². The number of hydrogen-bond donors (Lipinski definition) is 1. The van der Waals surface area contributed by atoms with Crippen molar-refractivity contribution in [3.63, 3.8) is 0 Å². The van der Waals surface area contributed by atoms with Crippen molar-refractivity contribution in [2.24, 2.45) is 0 Å². The van der Waals surface area contributed by atoms with Gasteiger partial charge < -0.3 is 10.6 Å². The Morgan fingerprint density at radius 1 is 1.29 bits per heavy atom. The van der Waals surface area contributed by atoms with Gasteiger partial charge in [-0.1, -0.05) is 6.92 Å². The van der Waals surface area contributed by atoms with Crippen LogP contribution in [0.15, 0.2) is 0 Å². The molecule has 0 saturated carbocycles. The number of nitrogens with two attached hydrogens (primary N) is 1. The lowest BCUT2D eigenvalue weighted by Crippen LogP contribution is -2.15. The lowest BCUT2D eigenvalue weighted by Gasteiger charge is -2.11. The maximum absolute atomic E-state index is 5.80. The second-order valence-electron chi connectivity index (χ2n) is 3.69. The van der Waals surface area contributed by atoms with Crippen LogP contribution in [0, 0.1) is 6.92 Å². The minimum atomic E-state index is 0.605. The number of rotatable bonds is 3. The van der Waals surface area contributed by atoms with E-state index in [-0.39, 0.29) is 0 Å². The molecule has 0 aliphatic carbocycles. The van der Waals surface area contributed by atoms with Crippen LogP contribution in [0.25, 0.3) is 0 Å². The van der Waals surface area contributed by atoms with Gasteiger partial charge in [-0.25, -0.2) is 9.97 Å². The third kappa shape index (κ3) is 2.42. The Morgan fingerprint density at radius 3 is 2.43 bits per heavy atom. The summed E-state index contributed by atoms with van der Waals surface area (Å²) in [5, 5.41) is 0. The molecular weight excluding hydrogens is 176 g/mol. The summed E-state index contributed by atoms with van der Waals surface area (Å²) in [5.74, 6) is 1.41. The highest BCUT2D eigenvalue weighted by Gasteiger charge is 2.07.